The molecule has 0 radical (unpaired) electrons. The second-order valence-corrected chi connectivity index (χ2v) is 14.5. The molecule has 0 aromatic heterocycles. The molecule has 0 bridgehead atoms. The Bertz CT molecular complexity index is 1230. The Hall–Kier alpha value is -2.69. The van der Waals surface area contributed by atoms with Crippen molar-refractivity contribution in [1.29, 1.82) is 0 Å². The maximum atomic E-state index is 12.6. The number of nitrogens with two attached hydrogens (primary N) is 2. The molecular formula is C36H50N2O3. The number of benzene rings is 2. The molecule has 0 spiro atoms. The third-order valence-electron chi connectivity index (χ3n) is 12.5. The number of hydrogen-bond acceptors (Lipinski definition) is 5. The molecule has 2 aromatic rings. The molecular weight excluding hydrogens is 508 g/mol. The first-order chi connectivity index (χ1) is 19.7. The van der Waals surface area contributed by atoms with Crippen molar-refractivity contribution < 1.29 is 14.3 Å². The Morgan fingerprint density at radius 3 is 2.46 bits per heavy atom. The minimum atomic E-state index is -0.101. The monoisotopic (exact) mass is 558 g/mol. The van der Waals surface area contributed by atoms with Crippen molar-refractivity contribution in [2.24, 2.45) is 46.3 Å². The predicted molar refractivity (Wildman–Crippen MR) is 165 cm³/mol. The SMILES string of the molecule is C[C@H](CCC(=O)Oc1ccccc1)[C@H]1CC[C@H]2[C@@H]3CCC4CC(Oc5ccc(N)cc5N)CC[C@]4(C)[C@H]3CC[C@]12C. The van der Waals surface area contributed by atoms with Crippen LogP contribution in [0, 0.1) is 46.3 Å². The zero-order valence-electron chi connectivity index (χ0n) is 25.3. The van der Waals surface area contributed by atoms with E-state index in [1.54, 1.807) is 6.07 Å². The van der Waals surface area contributed by atoms with E-state index in [0.717, 1.165) is 48.7 Å². The van der Waals surface area contributed by atoms with Gasteiger partial charge in [0, 0.05) is 12.1 Å². The Labute approximate surface area is 246 Å². The fourth-order valence-electron chi connectivity index (χ4n) is 10.4. The summed E-state index contributed by atoms with van der Waals surface area (Å²) in [5, 5.41) is 0. The van der Waals surface area contributed by atoms with Crippen molar-refractivity contribution in [2.45, 2.75) is 97.5 Å². The van der Waals surface area contributed by atoms with Gasteiger partial charge in [-0.2, -0.15) is 0 Å². The number of carbonyl (C=O) groups is 1. The van der Waals surface area contributed by atoms with Gasteiger partial charge in [-0.25, -0.2) is 0 Å². The van der Waals surface area contributed by atoms with Crippen LogP contribution in [0.5, 0.6) is 11.5 Å². The number of fused-ring (bicyclic) bond motifs is 5. The second-order valence-electron chi connectivity index (χ2n) is 14.5. The van der Waals surface area contributed by atoms with Crippen LogP contribution in [0.2, 0.25) is 0 Å². The fraction of sp³-hybridized carbons (Fsp3) is 0.639. The molecule has 5 heteroatoms. The van der Waals surface area contributed by atoms with Gasteiger partial charge in [0.25, 0.3) is 0 Å². The number of para-hydroxylation sites is 1. The Morgan fingerprint density at radius 2 is 1.68 bits per heavy atom. The summed E-state index contributed by atoms with van der Waals surface area (Å²) in [6.45, 7) is 7.63. The minimum Gasteiger partial charge on any atom is -0.488 e. The molecule has 9 atom stereocenters. The van der Waals surface area contributed by atoms with E-state index in [4.69, 9.17) is 20.9 Å². The van der Waals surface area contributed by atoms with Crippen molar-refractivity contribution in [1.82, 2.24) is 0 Å². The quantitative estimate of drug-likeness (QED) is 0.203. The summed E-state index contributed by atoms with van der Waals surface area (Å²) in [4.78, 5) is 12.6. The average Bonchev–Trinajstić information content (AvgIpc) is 3.31. The van der Waals surface area contributed by atoms with Gasteiger partial charge < -0.3 is 20.9 Å². The molecule has 4 aliphatic rings. The molecule has 5 nitrogen and oxygen atoms in total. The highest BCUT2D eigenvalue weighted by atomic mass is 16.5. The largest absolute Gasteiger partial charge is 0.488 e. The van der Waals surface area contributed by atoms with E-state index < -0.39 is 0 Å². The second kappa shape index (κ2) is 11.2. The van der Waals surface area contributed by atoms with Crippen LogP contribution in [0.25, 0.3) is 0 Å². The molecule has 6 rings (SSSR count). The van der Waals surface area contributed by atoms with E-state index in [9.17, 15) is 4.79 Å². The van der Waals surface area contributed by atoms with E-state index >= 15 is 0 Å². The van der Waals surface area contributed by atoms with Crippen LogP contribution < -0.4 is 20.9 Å². The molecule has 0 saturated heterocycles. The lowest BCUT2D eigenvalue weighted by atomic mass is 9.44. The van der Waals surface area contributed by atoms with Crippen LogP contribution in [0.3, 0.4) is 0 Å². The Morgan fingerprint density at radius 1 is 0.927 bits per heavy atom. The summed E-state index contributed by atoms with van der Waals surface area (Å²) in [6.07, 6.45) is 13.3. The van der Waals surface area contributed by atoms with Gasteiger partial charge in [-0.05, 0) is 141 Å². The summed E-state index contributed by atoms with van der Waals surface area (Å²) in [5.41, 5.74) is 14.3. The maximum absolute atomic E-state index is 12.6. The number of rotatable bonds is 7. The molecule has 4 aliphatic carbocycles. The third-order valence-corrected chi connectivity index (χ3v) is 12.5. The minimum absolute atomic E-state index is 0.101. The van der Waals surface area contributed by atoms with Gasteiger partial charge in [-0.15, -0.1) is 0 Å². The molecule has 2 aromatic carbocycles. The van der Waals surface area contributed by atoms with Gasteiger partial charge in [0.05, 0.1) is 11.8 Å². The molecule has 2 unspecified atom stereocenters. The molecule has 222 valence electrons. The molecule has 0 heterocycles. The lowest BCUT2D eigenvalue weighted by Gasteiger charge is -2.61. The first-order valence-corrected chi connectivity index (χ1v) is 16.2. The molecule has 0 aliphatic heterocycles. The molecule has 4 fully saturated rings. The van der Waals surface area contributed by atoms with Crippen LogP contribution in [0.1, 0.15) is 91.4 Å². The number of hydrogen-bond donors (Lipinski definition) is 2. The number of ether oxygens (including phenoxy) is 2. The van der Waals surface area contributed by atoms with Crippen LogP contribution >= 0.6 is 0 Å². The number of esters is 1. The van der Waals surface area contributed by atoms with Gasteiger partial charge in [-0.1, -0.05) is 39.0 Å². The van der Waals surface area contributed by atoms with E-state index in [2.05, 4.69) is 20.8 Å². The number of carbonyl (C=O) groups excluding carboxylic acids is 1. The van der Waals surface area contributed by atoms with Crippen LogP contribution in [0.15, 0.2) is 48.5 Å². The van der Waals surface area contributed by atoms with E-state index in [0.29, 0.717) is 46.2 Å². The highest BCUT2D eigenvalue weighted by Gasteiger charge is 2.60. The topological polar surface area (TPSA) is 87.6 Å². The third kappa shape index (κ3) is 5.34. The average molecular weight is 559 g/mol. The van der Waals surface area contributed by atoms with E-state index in [1.807, 2.05) is 42.5 Å². The summed E-state index contributed by atoms with van der Waals surface area (Å²) < 4.78 is 12.0. The number of anilines is 2. The summed E-state index contributed by atoms with van der Waals surface area (Å²) >= 11 is 0. The van der Waals surface area contributed by atoms with Crippen LogP contribution in [-0.4, -0.2) is 12.1 Å². The van der Waals surface area contributed by atoms with Gasteiger partial charge >= 0.3 is 5.97 Å². The molecule has 4 N–H and O–H groups in total. The summed E-state index contributed by atoms with van der Waals surface area (Å²) in [5.74, 6) is 5.82. The standard InChI is InChI=1S/C36H50N2O3/c1-23(9-16-34(39)41-26-7-5-4-6-8-26)29-13-14-30-28-12-10-24-21-27(40-33-15-11-25(37)22-32(33)38)17-19-35(24,2)31(28)18-20-36(29,30)3/h4-8,11,15,22-24,27-31H,9-10,12-14,16-21,37-38H2,1-3H3/t23-,24?,27?,28+,29-,30+,31+,35+,36-/m1/s1. The molecule has 41 heavy (non-hydrogen) atoms. The highest BCUT2D eigenvalue weighted by molar-refractivity contribution is 5.72. The number of nitrogen functional groups attached to an aromatic ring is 2. The van der Waals surface area contributed by atoms with Gasteiger partial charge in [-0.3, -0.25) is 4.79 Å². The Kier molecular flexibility index (Phi) is 7.76. The summed E-state index contributed by atoms with van der Waals surface area (Å²) in [6, 6.07) is 15.1. The lowest BCUT2D eigenvalue weighted by Crippen LogP contribution is -2.54. The van der Waals surface area contributed by atoms with Gasteiger partial charge in [0.2, 0.25) is 0 Å². The van der Waals surface area contributed by atoms with Crippen molar-refractivity contribution in [3.63, 3.8) is 0 Å². The van der Waals surface area contributed by atoms with Crippen molar-refractivity contribution in [2.75, 3.05) is 11.5 Å². The summed E-state index contributed by atoms with van der Waals surface area (Å²) in [7, 11) is 0. The fourth-order valence-corrected chi connectivity index (χ4v) is 10.4. The van der Waals surface area contributed by atoms with Crippen LogP contribution in [0.4, 0.5) is 11.4 Å². The van der Waals surface area contributed by atoms with E-state index in [-0.39, 0.29) is 12.1 Å². The normalized spacial score (nSPS) is 36.9. The predicted octanol–water partition coefficient (Wildman–Crippen LogP) is 8.28. The van der Waals surface area contributed by atoms with Crippen molar-refractivity contribution in [3.05, 3.63) is 48.5 Å². The maximum Gasteiger partial charge on any atom is 0.311 e. The van der Waals surface area contributed by atoms with Crippen molar-refractivity contribution >= 4 is 17.3 Å². The van der Waals surface area contributed by atoms with Crippen LogP contribution in [-0.2, 0) is 4.79 Å². The van der Waals surface area contributed by atoms with Gasteiger partial charge in [0.15, 0.2) is 0 Å². The van der Waals surface area contributed by atoms with Gasteiger partial charge in [0.1, 0.15) is 11.5 Å². The molecule has 4 saturated carbocycles. The van der Waals surface area contributed by atoms with Crippen molar-refractivity contribution in [3.8, 4) is 11.5 Å². The zero-order chi connectivity index (χ0) is 28.8. The zero-order valence-corrected chi connectivity index (χ0v) is 25.3. The Balaban J connectivity index is 1.07. The first-order valence-electron chi connectivity index (χ1n) is 16.2. The van der Waals surface area contributed by atoms with E-state index in [1.165, 1.54) is 44.9 Å². The smallest absolute Gasteiger partial charge is 0.311 e. The lowest BCUT2D eigenvalue weighted by molar-refractivity contribution is -0.135. The molecule has 0 amide bonds. The highest BCUT2D eigenvalue weighted by Crippen LogP contribution is 2.68. The first kappa shape index (κ1) is 28.4.